The molecule has 0 aliphatic carbocycles. The molecule has 0 fully saturated rings. The molecule has 2 aromatic heterocycles. The third-order valence-electron chi connectivity index (χ3n) is 3.35. The van der Waals surface area contributed by atoms with Crippen LogP contribution in [0.2, 0.25) is 0 Å². The molecule has 4 heteroatoms. The number of phenolic OH excluding ortho intramolecular Hbond substituents is 2. The zero-order valence-corrected chi connectivity index (χ0v) is 12.6. The molecule has 0 unspecified atom stereocenters. The molecule has 2 N–H and O–H groups in total. The van der Waals surface area contributed by atoms with Crippen molar-refractivity contribution in [3.63, 3.8) is 0 Å². The van der Waals surface area contributed by atoms with Gasteiger partial charge in [0.15, 0.2) is 0 Å². The minimum absolute atomic E-state index is 0.0315. The Labute approximate surface area is 134 Å². The van der Waals surface area contributed by atoms with Gasteiger partial charge in [-0.3, -0.25) is 9.97 Å². The van der Waals surface area contributed by atoms with Gasteiger partial charge in [-0.1, -0.05) is 12.2 Å². The minimum atomic E-state index is 0.0315. The van der Waals surface area contributed by atoms with Crippen molar-refractivity contribution in [3.8, 4) is 22.9 Å². The van der Waals surface area contributed by atoms with Crippen LogP contribution in [-0.2, 0) is 0 Å². The molecule has 23 heavy (non-hydrogen) atoms. The lowest BCUT2D eigenvalue weighted by Crippen LogP contribution is -1.88. The van der Waals surface area contributed by atoms with E-state index in [-0.39, 0.29) is 11.5 Å². The Bertz CT molecular complexity index is 852. The average Bonchev–Trinajstić information content (AvgIpc) is 2.52. The molecule has 0 saturated heterocycles. The van der Waals surface area contributed by atoms with E-state index in [4.69, 9.17) is 0 Å². The number of rotatable bonds is 3. The van der Waals surface area contributed by atoms with Crippen molar-refractivity contribution in [2.24, 2.45) is 0 Å². The van der Waals surface area contributed by atoms with Crippen molar-refractivity contribution in [1.82, 2.24) is 9.97 Å². The van der Waals surface area contributed by atoms with Crippen LogP contribution >= 0.6 is 0 Å². The lowest BCUT2D eigenvalue weighted by Gasteiger charge is -2.02. The molecule has 0 spiro atoms. The molecule has 2 heterocycles. The number of benzene rings is 1. The molecule has 0 aliphatic heterocycles. The molecule has 1 aromatic carbocycles. The summed E-state index contributed by atoms with van der Waals surface area (Å²) in [4.78, 5) is 8.70. The Morgan fingerprint density at radius 2 is 1.35 bits per heavy atom. The Hall–Kier alpha value is -3.14. The monoisotopic (exact) mass is 304 g/mol. The van der Waals surface area contributed by atoms with E-state index in [0.717, 1.165) is 28.1 Å². The number of pyridine rings is 2. The Balaban J connectivity index is 1.89. The second-order valence-corrected chi connectivity index (χ2v) is 5.31. The predicted molar refractivity (Wildman–Crippen MR) is 90.9 cm³/mol. The van der Waals surface area contributed by atoms with Crippen LogP contribution in [0.1, 0.15) is 16.7 Å². The van der Waals surface area contributed by atoms with E-state index in [1.54, 1.807) is 24.5 Å². The maximum Gasteiger partial charge on any atom is 0.119 e. The zero-order chi connectivity index (χ0) is 16.2. The third kappa shape index (κ3) is 3.74. The molecule has 0 aliphatic rings. The molecule has 0 radical (unpaired) electrons. The van der Waals surface area contributed by atoms with E-state index in [1.165, 1.54) is 6.07 Å². The summed E-state index contributed by atoms with van der Waals surface area (Å²) in [6.45, 7) is 2.02. The standard InChI is InChI=1S/C19H16N2O2/c1-13-4-6-20-18(8-13)19-11-14(5-7-21-19)2-3-15-9-16(22)12-17(23)10-15/h2-12,22-23H,1H3/b3-2+. The van der Waals surface area contributed by atoms with Gasteiger partial charge < -0.3 is 10.2 Å². The first-order valence-electron chi connectivity index (χ1n) is 7.20. The Kier molecular flexibility index (Phi) is 4.06. The number of nitrogens with zero attached hydrogens (tertiary/aromatic N) is 2. The van der Waals surface area contributed by atoms with Gasteiger partial charge in [0.2, 0.25) is 0 Å². The van der Waals surface area contributed by atoms with E-state index in [1.807, 2.05) is 43.3 Å². The van der Waals surface area contributed by atoms with Crippen molar-refractivity contribution in [3.05, 3.63) is 71.5 Å². The Morgan fingerprint density at radius 1 is 0.739 bits per heavy atom. The van der Waals surface area contributed by atoms with Crippen LogP contribution in [0.25, 0.3) is 23.5 Å². The fraction of sp³-hybridized carbons (Fsp3) is 0.0526. The first kappa shape index (κ1) is 14.8. The molecule has 3 aromatic rings. The van der Waals surface area contributed by atoms with Crippen LogP contribution in [0.15, 0.2) is 54.9 Å². The second-order valence-electron chi connectivity index (χ2n) is 5.31. The van der Waals surface area contributed by atoms with Gasteiger partial charge in [-0.15, -0.1) is 0 Å². The van der Waals surface area contributed by atoms with Gasteiger partial charge in [-0.25, -0.2) is 0 Å². The molecular weight excluding hydrogens is 288 g/mol. The van der Waals surface area contributed by atoms with Crippen molar-refractivity contribution < 1.29 is 10.2 Å². The average molecular weight is 304 g/mol. The highest BCUT2D eigenvalue weighted by Gasteiger charge is 2.02. The molecule has 114 valence electrons. The summed E-state index contributed by atoms with van der Waals surface area (Å²) in [5.41, 5.74) is 4.44. The van der Waals surface area contributed by atoms with Crippen LogP contribution in [0.5, 0.6) is 11.5 Å². The van der Waals surface area contributed by atoms with E-state index in [9.17, 15) is 10.2 Å². The van der Waals surface area contributed by atoms with Crippen molar-refractivity contribution in [2.75, 3.05) is 0 Å². The highest BCUT2D eigenvalue weighted by atomic mass is 16.3. The van der Waals surface area contributed by atoms with Crippen LogP contribution in [0.3, 0.4) is 0 Å². The summed E-state index contributed by atoms with van der Waals surface area (Å²) < 4.78 is 0. The summed E-state index contributed by atoms with van der Waals surface area (Å²) in [6, 6.07) is 12.2. The van der Waals surface area contributed by atoms with Crippen LogP contribution in [0.4, 0.5) is 0 Å². The maximum atomic E-state index is 9.50. The van der Waals surface area contributed by atoms with Crippen molar-refractivity contribution >= 4 is 12.2 Å². The number of hydrogen-bond acceptors (Lipinski definition) is 4. The molecule has 0 bridgehead atoms. The molecule has 0 saturated carbocycles. The van der Waals surface area contributed by atoms with Crippen molar-refractivity contribution in [1.29, 1.82) is 0 Å². The normalized spacial score (nSPS) is 11.0. The quantitative estimate of drug-likeness (QED) is 0.766. The fourth-order valence-corrected chi connectivity index (χ4v) is 2.27. The summed E-state index contributed by atoms with van der Waals surface area (Å²) in [6.07, 6.45) is 7.22. The van der Waals surface area contributed by atoms with Gasteiger partial charge in [0, 0.05) is 18.5 Å². The molecular formula is C19H16N2O2. The summed E-state index contributed by atoms with van der Waals surface area (Å²) in [5, 5.41) is 19.0. The third-order valence-corrected chi connectivity index (χ3v) is 3.35. The van der Waals surface area contributed by atoms with Crippen molar-refractivity contribution in [2.45, 2.75) is 6.92 Å². The van der Waals surface area contributed by atoms with Gasteiger partial charge >= 0.3 is 0 Å². The molecule has 3 rings (SSSR count). The highest BCUT2D eigenvalue weighted by molar-refractivity contribution is 5.72. The minimum Gasteiger partial charge on any atom is -0.508 e. The first-order valence-corrected chi connectivity index (χ1v) is 7.20. The first-order chi connectivity index (χ1) is 11.1. The zero-order valence-electron chi connectivity index (χ0n) is 12.6. The number of hydrogen-bond donors (Lipinski definition) is 2. The van der Waals surface area contributed by atoms with E-state index in [2.05, 4.69) is 9.97 Å². The van der Waals surface area contributed by atoms with Gasteiger partial charge in [-0.2, -0.15) is 0 Å². The number of phenols is 2. The summed E-state index contributed by atoms with van der Waals surface area (Å²) in [5.74, 6) is 0.0630. The largest absolute Gasteiger partial charge is 0.508 e. The topological polar surface area (TPSA) is 66.2 Å². The lowest BCUT2D eigenvalue weighted by atomic mass is 10.1. The molecule has 0 amide bonds. The van der Waals surface area contributed by atoms with Gasteiger partial charge in [0.1, 0.15) is 11.5 Å². The SMILES string of the molecule is Cc1ccnc(-c2cc(/C=C/c3cc(O)cc(O)c3)ccn2)c1. The van der Waals surface area contributed by atoms with E-state index in [0.29, 0.717) is 0 Å². The fourth-order valence-electron chi connectivity index (χ4n) is 2.27. The van der Waals surface area contributed by atoms with Gasteiger partial charge in [-0.05, 0) is 60.0 Å². The number of aromatic nitrogens is 2. The highest BCUT2D eigenvalue weighted by Crippen LogP contribution is 2.22. The summed E-state index contributed by atoms with van der Waals surface area (Å²) >= 11 is 0. The smallest absolute Gasteiger partial charge is 0.119 e. The maximum absolute atomic E-state index is 9.50. The lowest BCUT2D eigenvalue weighted by molar-refractivity contribution is 0.450. The number of aryl methyl sites for hydroxylation is 1. The Morgan fingerprint density at radius 3 is 2.04 bits per heavy atom. The predicted octanol–water partition coefficient (Wildman–Crippen LogP) is 4.03. The van der Waals surface area contributed by atoms with E-state index >= 15 is 0 Å². The van der Waals surface area contributed by atoms with E-state index < -0.39 is 0 Å². The second kappa shape index (κ2) is 6.32. The van der Waals surface area contributed by atoms with Gasteiger partial charge in [0.25, 0.3) is 0 Å². The van der Waals surface area contributed by atoms with Gasteiger partial charge in [0.05, 0.1) is 11.4 Å². The summed E-state index contributed by atoms with van der Waals surface area (Å²) in [7, 11) is 0. The molecule has 0 atom stereocenters. The van der Waals surface area contributed by atoms with Crippen LogP contribution < -0.4 is 0 Å². The molecule has 4 nitrogen and oxygen atoms in total. The number of aromatic hydroxyl groups is 2. The van der Waals surface area contributed by atoms with Crippen LogP contribution in [0, 0.1) is 6.92 Å². The van der Waals surface area contributed by atoms with Crippen LogP contribution in [-0.4, -0.2) is 20.2 Å².